The molecule has 4 aliphatic heterocycles. The Balaban J connectivity index is 1.66. The number of aliphatic hydroxyl groups is 3. The van der Waals surface area contributed by atoms with E-state index in [4.69, 9.17) is 10.7 Å². The number of benzene rings is 1. The first-order valence-corrected chi connectivity index (χ1v) is 19.4. The third kappa shape index (κ3) is 9.69. The summed E-state index contributed by atoms with van der Waals surface area (Å²) in [6.07, 6.45) is -3.51. The van der Waals surface area contributed by atoms with Crippen molar-refractivity contribution in [3.63, 3.8) is 0 Å². The first-order chi connectivity index (χ1) is 25.9. The van der Waals surface area contributed by atoms with Crippen LogP contribution in [0.2, 0.25) is 0 Å². The highest BCUT2D eigenvalue weighted by atomic mass is 32.2. The molecule has 3 unspecified atom stereocenters. The number of fused-ring (bicyclic) bond motifs is 5. The lowest BCUT2D eigenvalue weighted by Gasteiger charge is -2.31. The fraction of sp³-hybridized carbons (Fsp3) is 0.611. The number of carbonyl (C=O) groups excluding carboxylic acids is 7. The summed E-state index contributed by atoms with van der Waals surface area (Å²) in [5.74, 6) is -7.14. The van der Waals surface area contributed by atoms with Crippen molar-refractivity contribution >= 4 is 64.4 Å². The number of nitrogens with one attached hydrogen (secondary N) is 5. The highest BCUT2D eigenvalue weighted by Gasteiger charge is 2.45. The molecule has 0 aliphatic carbocycles. The fourth-order valence-corrected chi connectivity index (χ4v) is 8.25. The molecule has 55 heavy (non-hydrogen) atoms. The van der Waals surface area contributed by atoms with E-state index in [1.54, 1.807) is 18.2 Å². The van der Waals surface area contributed by atoms with Crippen LogP contribution in [0.4, 0.5) is 5.69 Å². The van der Waals surface area contributed by atoms with Gasteiger partial charge in [-0.3, -0.25) is 38.6 Å². The highest BCUT2D eigenvalue weighted by Crippen LogP contribution is 2.41. The van der Waals surface area contributed by atoms with E-state index in [1.807, 2.05) is 6.07 Å². The summed E-state index contributed by atoms with van der Waals surface area (Å²) in [6.45, 7) is 4.82. The molecule has 18 nitrogen and oxygen atoms in total. The van der Waals surface area contributed by atoms with Gasteiger partial charge in [-0.05, 0) is 45.7 Å². The van der Waals surface area contributed by atoms with Crippen molar-refractivity contribution in [2.75, 3.05) is 18.8 Å². The van der Waals surface area contributed by atoms with E-state index in [9.17, 15) is 48.9 Å². The maximum Gasteiger partial charge on any atom is 0.256 e. The Bertz CT molecular complexity index is 1740. The predicted molar refractivity (Wildman–Crippen MR) is 200 cm³/mol. The molecule has 1 aromatic carbocycles. The molecule has 0 saturated carbocycles. The zero-order valence-corrected chi connectivity index (χ0v) is 31.9. The van der Waals surface area contributed by atoms with Crippen molar-refractivity contribution in [1.82, 2.24) is 31.5 Å². The molecule has 6 amide bonds. The summed E-state index contributed by atoms with van der Waals surface area (Å²) in [5.41, 5.74) is 5.96. The molecule has 0 aromatic heterocycles. The van der Waals surface area contributed by atoms with E-state index in [-0.39, 0.29) is 44.5 Å². The smallest absolute Gasteiger partial charge is 0.256 e. The number of hydrogen-bond donors (Lipinski definition) is 9. The van der Waals surface area contributed by atoms with Crippen LogP contribution < -0.4 is 32.3 Å². The highest BCUT2D eigenvalue weighted by molar-refractivity contribution is 8.01. The van der Waals surface area contributed by atoms with Crippen LogP contribution in [-0.4, -0.2) is 139 Å². The largest absolute Gasteiger partial charge is 0.391 e. The standard InChI is InChI=1S/C36H50N8O10S/c1-16-27(47)10-19-9-22-21-7-5-6-8-23(21)40-25(22)14-55-34(35(53)44-13-20(46)11-26(44)32(51)38-16)43-33(52)28(18(3)45)42-29(48)17(2)39-31(50)24(41-30(19)49)12-36(4,54)15-37/h5-8,16-20,22,24,26,28,34,45-46,54H,9-15,37H2,1-4H3,(H,38,51)(H,39,50)(H,41,49)(H,42,48)(H,43,52)/t16-,17-,18-,19+,20+,22?,24-,26?,28+,34?,36+/m0/s1. The van der Waals surface area contributed by atoms with E-state index in [2.05, 4.69) is 26.6 Å². The first-order valence-electron chi connectivity index (χ1n) is 18.3. The Morgan fingerprint density at radius 1 is 0.927 bits per heavy atom. The Labute approximate surface area is 322 Å². The van der Waals surface area contributed by atoms with E-state index in [1.165, 1.54) is 27.7 Å². The van der Waals surface area contributed by atoms with Crippen molar-refractivity contribution < 1.29 is 48.9 Å². The minimum absolute atomic E-state index is 0.00505. The van der Waals surface area contributed by atoms with Crippen molar-refractivity contribution in [2.24, 2.45) is 16.6 Å². The molecule has 2 bridgehead atoms. The normalized spacial score (nSPS) is 33.0. The molecule has 1 aromatic rings. The van der Waals surface area contributed by atoms with E-state index in [0.29, 0.717) is 11.4 Å². The Morgan fingerprint density at radius 2 is 1.62 bits per heavy atom. The minimum Gasteiger partial charge on any atom is -0.391 e. The molecule has 11 atom stereocenters. The summed E-state index contributed by atoms with van der Waals surface area (Å²) in [4.78, 5) is 103. The number of aliphatic hydroxyl groups excluding tert-OH is 2. The van der Waals surface area contributed by atoms with Crippen LogP contribution in [-0.2, 0) is 33.6 Å². The number of nitrogens with two attached hydrogens (primary N) is 1. The number of para-hydroxylation sites is 1. The van der Waals surface area contributed by atoms with Gasteiger partial charge in [-0.25, -0.2) is 0 Å². The molecule has 3 fully saturated rings. The minimum atomic E-state index is -1.65. The summed E-state index contributed by atoms with van der Waals surface area (Å²) in [5, 5.41) is 43.5. The van der Waals surface area contributed by atoms with Gasteiger partial charge >= 0.3 is 0 Å². The van der Waals surface area contributed by atoms with Gasteiger partial charge in [0.1, 0.15) is 24.2 Å². The van der Waals surface area contributed by atoms with Crippen LogP contribution in [0.3, 0.4) is 0 Å². The number of aliphatic imine (C=N–C) groups is 1. The van der Waals surface area contributed by atoms with Crippen molar-refractivity contribution in [2.45, 2.75) is 113 Å². The Hall–Kier alpha value is -4.43. The predicted octanol–water partition coefficient (Wildman–Crippen LogP) is -2.55. The number of hydrogen-bond acceptors (Lipinski definition) is 13. The Kier molecular flexibility index (Phi) is 13.0. The number of rotatable bonds is 4. The van der Waals surface area contributed by atoms with E-state index >= 15 is 0 Å². The molecule has 5 rings (SSSR count). The third-order valence-electron chi connectivity index (χ3n) is 10.5. The number of carbonyl (C=O) groups is 7. The molecule has 10 N–H and O–H groups in total. The monoisotopic (exact) mass is 786 g/mol. The van der Waals surface area contributed by atoms with Crippen LogP contribution in [0.15, 0.2) is 29.3 Å². The van der Waals surface area contributed by atoms with Crippen LogP contribution in [0, 0.1) is 5.92 Å². The third-order valence-corrected chi connectivity index (χ3v) is 11.6. The zero-order chi connectivity index (χ0) is 40.4. The molecular formula is C36H50N8O10S. The second-order valence-corrected chi connectivity index (χ2v) is 16.2. The van der Waals surface area contributed by atoms with Gasteiger partial charge in [0, 0.05) is 55.7 Å². The van der Waals surface area contributed by atoms with Crippen LogP contribution in [0.25, 0.3) is 0 Å². The van der Waals surface area contributed by atoms with Gasteiger partial charge in [-0.15, -0.1) is 11.8 Å². The number of thioether (sulfide) groups is 1. The molecular weight excluding hydrogens is 737 g/mol. The van der Waals surface area contributed by atoms with Gasteiger partial charge in [0.25, 0.3) is 5.91 Å². The average Bonchev–Trinajstić information content (AvgIpc) is 3.69. The van der Waals surface area contributed by atoms with Crippen molar-refractivity contribution in [3.8, 4) is 0 Å². The van der Waals surface area contributed by atoms with E-state index in [0.717, 1.165) is 22.2 Å². The quantitative estimate of drug-likeness (QED) is 0.153. The second kappa shape index (κ2) is 17.2. The molecule has 0 radical (unpaired) electrons. The van der Waals surface area contributed by atoms with Gasteiger partial charge in [0.15, 0.2) is 11.2 Å². The van der Waals surface area contributed by atoms with Gasteiger partial charge in [-0.1, -0.05) is 18.2 Å². The molecule has 3 saturated heterocycles. The maximum absolute atomic E-state index is 14.3. The molecule has 4 heterocycles. The number of ketones is 1. The Morgan fingerprint density at radius 3 is 2.31 bits per heavy atom. The molecule has 0 spiro atoms. The fourth-order valence-electron chi connectivity index (χ4n) is 7.17. The van der Waals surface area contributed by atoms with Gasteiger partial charge in [0.05, 0.1) is 29.5 Å². The summed E-state index contributed by atoms with van der Waals surface area (Å²) in [6, 6.07) is 0.399. The zero-order valence-electron chi connectivity index (χ0n) is 31.1. The topological polar surface area (TPSA) is 282 Å². The van der Waals surface area contributed by atoms with Crippen LogP contribution in [0.1, 0.15) is 64.9 Å². The van der Waals surface area contributed by atoms with Gasteiger partial charge in [0.2, 0.25) is 29.5 Å². The SMILES string of the molecule is C[C@@H]1NC(=O)C2C[C@@H](O)CN2C(=O)C2NC(=O)[C@@H]([C@H](C)O)NC(=O)[C@H](C)NC(=O)[C@H](C[C@@](C)(O)CN)NC(=O)[C@@H](CC1=O)CC1C(=Nc3ccccc31)CS2. The number of amides is 6. The lowest BCUT2D eigenvalue weighted by molar-refractivity contribution is -0.141. The first kappa shape index (κ1) is 41.7. The summed E-state index contributed by atoms with van der Waals surface area (Å²) >= 11 is 0.958. The van der Waals surface area contributed by atoms with Crippen molar-refractivity contribution in [1.29, 1.82) is 0 Å². The lowest BCUT2D eigenvalue weighted by atomic mass is 9.83. The number of nitrogens with zero attached hydrogens (tertiary/aromatic N) is 2. The van der Waals surface area contributed by atoms with Gasteiger partial charge in [-0.2, -0.15) is 0 Å². The van der Waals surface area contributed by atoms with Crippen LogP contribution >= 0.6 is 11.8 Å². The second-order valence-electron chi connectivity index (χ2n) is 15.1. The lowest BCUT2D eigenvalue weighted by Crippen LogP contribution is -2.61. The van der Waals surface area contributed by atoms with Gasteiger partial charge < -0.3 is 52.5 Å². The molecule has 300 valence electrons. The van der Waals surface area contributed by atoms with Crippen LogP contribution in [0.5, 0.6) is 0 Å². The number of Topliss-reactive ketones (excluding diaryl/α,β-unsaturated/α-hetero) is 1. The summed E-state index contributed by atoms with van der Waals surface area (Å²) < 4.78 is 0. The van der Waals surface area contributed by atoms with Crippen molar-refractivity contribution in [3.05, 3.63) is 29.8 Å². The average molecular weight is 787 g/mol. The molecule has 4 aliphatic rings. The maximum atomic E-state index is 14.3. The van der Waals surface area contributed by atoms with E-state index < -0.39 is 106 Å². The molecule has 19 heteroatoms. The summed E-state index contributed by atoms with van der Waals surface area (Å²) in [7, 11) is 0.